The highest BCUT2D eigenvalue weighted by atomic mass is 32.2. The van der Waals surface area contributed by atoms with Crippen molar-refractivity contribution in [1.29, 1.82) is 0 Å². The molecule has 3 rings (SSSR count). The van der Waals surface area contributed by atoms with E-state index in [-0.39, 0.29) is 17.2 Å². The Labute approximate surface area is 132 Å². The highest BCUT2D eigenvalue weighted by Gasteiger charge is 2.29. The Balaban J connectivity index is 1.75. The number of halogens is 1. The molecule has 0 radical (unpaired) electrons. The molecule has 9 heteroatoms. The Morgan fingerprint density at radius 3 is 2.87 bits per heavy atom. The molecule has 2 amide bonds. The van der Waals surface area contributed by atoms with E-state index in [1.165, 1.54) is 22.9 Å². The summed E-state index contributed by atoms with van der Waals surface area (Å²) >= 11 is 0. The van der Waals surface area contributed by atoms with Crippen molar-refractivity contribution in [2.24, 2.45) is 0 Å². The molecule has 2 aromatic rings. The minimum Gasteiger partial charge on any atom is -0.334 e. The van der Waals surface area contributed by atoms with Gasteiger partial charge >= 0.3 is 6.03 Å². The number of amides is 2. The average molecular weight is 338 g/mol. The first-order valence-electron chi connectivity index (χ1n) is 7.00. The number of hydrogen-bond donors (Lipinski definition) is 2. The number of carbonyl (C=O) groups is 1. The van der Waals surface area contributed by atoms with Crippen molar-refractivity contribution in [2.45, 2.75) is 12.5 Å². The third kappa shape index (κ3) is 3.67. The molecule has 1 aromatic carbocycles. The summed E-state index contributed by atoms with van der Waals surface area (Å²) in [7, 11) is -3.08. The fourth-order valence-electron chi connectivity index (χ4n) is 2.47. The van der Waals surface area contributed by atoms with Crippen molar-refractivity contribution < 1.29 is 17.6 Å². The SMILES string of the molecule is O=C(Nc1cc(F)ccc1-n1cccn1)N[C@H]1CCS(=O)(=O)C1. The molecule has 1 aliphatic heterocycles. The van der Waals surface area contributed by atoms with Crippen molar-refractivity contribution in [3.63, 3.8) is 0 Å². The summed E-state index contributed by atoms with van der Waals surface area (Å²) in [6.45, 7) is 0. The van der Waals surface area contributed by atoms with Crippen molar-refractivity contribution in [1.82, 2.24) is 15.1 Å². The van der Waals surface area contributed by atoms with Crippen LogP contribution in [0, 0.1) is 5.82 Å². The van der Waals surface area contributed by atoms with Crippen molar-refractivity contribution >= 4 is 21.6 Å². The number of urea groups is 1. The lowest BCUT2D eigenvalue weighted by molar-refractivity contribution is 0.249. The van der Waals surface area contributed by atoms with Crippen LogP contribution in [0.2, 0.25) is 0 Å². The molecule has 1 aromatic heterocycles. The quantitative estimate of drug-likeness (QED) is 0.883. The highest BCUT2D eigenvalue weighted by molar-refractivity contribution is 7.91. The van der Waals surface area contributed by atoms with Crippen LogP contribution in [0.1, 0.15) is 6.42 Å². The maximum Gasteiger partial charge on any atom is 0.319 e. The maximum atomic E-state index is 13.5. The normalized spacial score (nSPS) is 19.4. The summed E-state index contributed by atoms with van der Waals surface area (Å²) in [5.74, 6) is -0.508. The summed E-state index contributed by atoms with van der Waals surface area (Å²) in [5, 5.41) is 9.19. The summed E-state index contributed by atoms with van der Waals surface area (Å²) < 4.78 is 37.8. The Morgan fingerprint density at radius 1 is 1.39 bits per heavy atom. The van der Waals surface area contributed by atoms with Crippen molar-refractivity contribution in [3.8, 4) is 5.69 Å². The van der Waals surface area contributed by atoms with E-state index in [4.69, 9.17) is 0 Å². The van der Waals surface area contributed by atoms with Gasteiger partial charge in [-0.1, -0.05) is 0 Å². The van der Waals surface area contributed by atoms with Gasteiger partial charge in [0.05, 0.1) is 22.9 Å². The molecule has 23 heavy (non-hydrogen) atoms. The molecular weight excluding hydrogens is 323 g/mol. The van der Waals surface area contributed by atoms with E-state index in [0.29, 0.717) is 12.1 Å². The van der Waals surface area contributed by atoms with Gasteiger partial charge in [-0.25, -0.2) is 22.3 Å². The van der Waals surface area contributed by atoms with E-state index >= 15 is 0 Å². The minimum absolute atomic E-state index is 0.0659. The highest BCUT2D eigenvalue weighted by Crippen LogP contribution is 2.21. The Hall–Kier alpha value is -2.42. The van der Waals surface area contributed by atoms with Gasteiger partial charge in [-0.2, -0.15) is 5.10 Å². The van der Waals surface area contributed by atoms with Crippen LogP contribution >= 0.6 is 0 Å². The first kappa shape index (κ1) is 15.5. The van der Waals surface area contributed by atoms with Gasteiger partial charge in [0.15, 0.2) is 9.84 Å². The largest absolute Gasteiger partial charge is 0.334 e. The van der Waals surface area contributed by atoms with Crippen LogP contribution in [-0.2, 0) is 9.84 Å². The van der Waals surface area contributed by atoms with Gasteiger partial charge in [-0.05, 0) is 30.7 Å². The molecule has 1 saturated heterocycles. The van der Waals surface area contributed by atoms with Gasteiger partial charge in [-0.15, -0.1) is 0 Å². The van der Waals surface area contributed by atoms with E-state index in [9.17, 15) is 17.6 Å². The Kier molecular flexibility index (Phi) is 4.03. The molecule has 7 nitrogen and oxygen atoms in total. The van der Waals surface area contributed by atoms with Gasteiger partial charge in [0, 0.05) is 18.4 Å². The van der Waals surface area contributed by atoms with Crippen LogP contribution < -0.4 is 10.6 Å². The van der Waals surface area contributed by atoms with E-state index in [1.54, 1.807) is 18.5 Å². The van der Waals surface area contributed by atoms with Crippen LogP contribution in [0.5, 0.6) is 0 Å². The molecule has 122 valence electrons. The molecule has 0 aliphatic carbocycles. The van der Waals surface area contributed by atoms with E-state index in [2.05, 4.69) is 15.7 Å². The molecule has 0 bridgehead atoms. The first-order chi connectivity index (χ1) is 10.9. The lowest BCUT2D eigenvalue weighted by Crippen LogP contribution is -2.38. The third-order valence-electron chi connectivity index (χ3n) is 3.53. The minimum atomic E-state index is -3.08. The van der Waals surface area contributed by atoms with Gasteiger partial charge in [0.25, 0.3) is 0 Å². The van der Waals surface area contributed by atoms with E-state index in [1.807, 2.05) is 0 Å². The number of carbonyl (C=O) groups excluding carboxylic acids is 1. The Morgan fingerprint density at radius 2 is 2.22 bits per heavy atom. The van der Waals surface area contributed by atoms with Crippen LogP contribution in [-0.4, -0.2) is 41.8 Å². The van der Waals surface area contributed by atoms with Gasteiger partial charge in [-0.3, -0.25) is 0 Å². The van der Waals surface area contributed by atoms with Crippen LogP contribution in [0.4, 0.5) is 14.9 Å². The first-order valence-corrected chi connectivity index (χ1v) is 8.83. The lowest BCUT2D eigenvalue weighted by Gasteiger charge is -2.14. The molecular formula is C14H15FN4O3S. The summed E-state index contributed by atoms with van der Waals surface area (Å²) in [6, 6.07) is 4.65. The van der Waals surface area contributed by atoms with E-state index in [0.717, 1.165) is 0 Å². The van der Waals surface area contributed by atoms with Crippen molar-refractivity contribution in [2.75, 3.05) is 16.8 Å². The second-order valence-corrected chi connectivity index (χ2v) is 7.54. The summed E-state index contributed by atoms with van der Waals surface area (Å²) in [4.78, 5) is 12.0. The standard InChI is InChI=1S/C14H15FN4O3S/c15-10-2-3-13(19-6-1-5-16-19)12(8-10)18-14(20)17-11-4-7-23(21,22)9-11/h1-3,5-6,8,11H,4,7,9H2,(H2,17,18,20)/t11-/m0/s1. The van der Waals surface area contributed by atoms with Gasteiger partial charge in [0.2, 0.25) is 0 Å². The molecule has 0 unspecified atom stereocenters. The number of aromatic nitrogens is 2. The number of nitrogens with one attached hydrogen (secondary N) is 2. The van der Waals surface area contributed by atoms with Crippen molar-refractivity contribution in [3.05, 3.63) is 42.5 Å². The molecule has 2 heterocycles. The zero-order chi connectivity index (χ0) is 16.4. The lowest BCUT2D eigenvalue weighted by atomic mass is 10.2. The molecule has 1 fully saturated rings. The monoisotopic (exact) mass is 338 g/mol. The smallest absolute Gasteiger partial charge is 0.319 e. The van der Waals surface area contributed by atoms with Gasteiger partial charge in [0.1, 0.15) is 5.82 Å². The number of anilines is 1. The zero-order valence-electron chi connectivity index (χ0n) is 12.1. The average Bonchev–Trinajstić information content (AvgIpc) is 3.09. The number of sulfone groups is 1. The predicted molar refractivity (Wildman–Crippen MR) is 82.7 cm³/mol. The fourth-order valence-corrected chi connectivity index (χ4v) is 4.15. The van der Waals surface area contributed by atoms with E-state index < -0.39 is 27.7 Å². The number of rotatable bonds is 3. The summed E-state index contributed by atoms with van der Waals surface area (Å²) in [5.41, 5.74) is 0.748. The maximum absolute atomic E-state index is 13.5. The third-order valence-corrected chi connectivity index (χ3v) is 5.29. The molecule has 1 atom stereocenters. The molecule has 1 aliphatic rings. The van der Waals surface area contributed by atoms with Crippen LogP contribution in [0.15, 0.2) is 36.7 Å². The van der Waals surface area contributed by atoms with Gasteiger partial charge < -0.3 is 10.6 Å². The second-order valence-electron chi connectivity index (χ2n) is 5.31. The number of hydrogen-bond acceptors (Lipinski definition) is 4. The topological polar surface area (TPSA) is 93.1 Å². The molecule has 0 saturated carbocycles. The fraction of sp³-hybridized carbons (Fsp3) is 0.286. The summed E-state index contributed by atoms with van der Waals surface area (Å²) in [6.07, 6.45) is 3.61. The number of benzene rings is 1. The molecule has 0 spiro atoms. The zero-order valence-corrected chi connectivity index (χ0v) is 12.9. The van der Waals surface area contributed by atoms with Crippen LogP contribution in [0.25, 0.3) is 5.69 Å². The Bertz CT molecular complexity index is 821. The van der Waals surface area contributed by atoms with Crippen LogP contribution in [0.3, 0.4) is 0 Å². The second kappa shape index (κ2) is 5.99. The molecule has 2 N–H and O–H groups in total. The predicted octanol–water partition coefficient (Wildman–Crippen LogP) is 1.32. The number of nitrogens with zero attached hydrogens (tertiary/aromatic N) is 2.